The van der Waals surface area contributed by atoms with E-state index in [1.165, 1.54) is 0 Å². The van der Waals surface area contributed by atoms with Gasteiger partial charge in [-0.15, -0.1) is 0 Å². The van der Waals surface area contributed by atoms with Crippen LogP contribution in [0.2, 0.25) is 0 Å². The minimum Gasteiger partial charge on any atom is -0.358 e. The van der Waals surface area contributed by atoms with Crippen LogP contribution in [-0.2, 0) is 11.2 Å². The normalized spacial score (nSPS) is 13.3. The van der Waals surface area contributed by atoms with Crippen LogP contribution in [0.15, 0.2) is 48.5 Å². The number of amides is 1. The molecule has 0 aliphatic heterocycles. The third-order valence-corrected chi connectivity index (χ3v) is 5.38. The fourth-order valence-electron chi connectivity index (χ4n) is 3.59. The van der Waals surface area contributed by atoms with Crippen molar-refractivity contribution in [3.05, 3.63) is 65.4 Å². The number of likely N-dealkylation sites (N-methyl/N-ethyl adjacent to an activating group) is 1. The Morgan fingerprint density at radius 2 is 1.79 bits per heavy atom. The molecule has 0 aliphatic rings. The molecule has 0 bridgehead atoms. The summed E-state index contributed by atoms with van der Waals surface area (Å²) in [6, 6.07) is 15.3. The molecular weight excluding hydrogens is 350 g/mol. The van der Waals surface area contributed by atoms with E-state index in [1.807, 2.05) is 69.4 Å². The van der Waals surface area contributed by atoms with Crippen molar-refractivity contribution in [2.24, 2.45) is 0 Å². The molecule has 0 aliphatic carbocycles. The zero-order valence-electron chi connectivity index (χ0n) is 16.9. The first kappa shape index (κ1) is 19.8. The summed E-state index contributed by atoms with van der Waals surface area (Å²) in [7, 11) is 1.89. The number of aromatic nitrogens is 1. The smallest absolute Gasteiger partial charge is 0.279 e. The molecule has 5 heteroatoms. The van der Waals surface area contributed by atoms with Gasteiger partial charge in [-0.1, -0.05) is 43.3 Å². The van der Waals surface area contributed by atoms with Crippen LogP contribution in [0.3, 0.4) is 0 Å². The summed E-state index contributed by atoms with van der Waals surface area (Å²) in [5, 5.41) is 3.92. The number of hydrogen-bond acceptors (Lipinski definition) is 2. The average Bonchev–Trinajstić information content (AvgIpc) is 3.02. The summed E-state index contributed by atoms with van der Waals surface area (Å²) in [5.74, 6) is -0.0390. The lowest BCUT2D eigenvalue weighted by atomic mass is 10.0. The largest absolute Gasteiger partial charge is 0.358 e. The van der Waals surface area contributed by atoms with Crippen LogP contribution in [0.25, 0.3) is 10.9 Å². The predicted octanol–water partition coefficient (Wildman–Crippen LogP) is 2.76. The van der Waals surface area contributed by atoms with Gasteiger partial charge in [0.15, 0.2) is 6.54 Å². The highest BCUT2D eigenvalue weighted by atomic mass is 16.2. The molecule has 0 spiro atoms. The number of para-hydroxylation sites is 2. The Hall–Kier alpha value is -2.92. The Kier molecular flexibility index (Phi) is 5.95. The van der Waals surface area contributed by atoms with E-state index in [1.54, 1.807) is 0 Å². The average molecular weight is 378 g/mol. The molecule has 0 saturated carbocycles. The summed E-state index contributed by atoms with van der Waals surface area (Å²) in [6.45, 7) is 6.09. The molecule has 1 unspecified atom stereocenters. The second-order valence-corrected chi connectivity index (χ2v) is 7.34. The number of H-pyrrole nitrogens is 1. The maximum absolute atomic E-state index is 13.1. The Morgan fingerprint density at radius 3 is 2.54 bits per heavy atom. The number of rotatable bonds is 7. The summed E-state index contributed by atoms with van der Waals surface area (Å²) in [4.78, 5) is 29.8. The second kappa shape index (κ2) is 8.40. The van der Waals surface area contributed by atoms with E-state index in [2.05, 4.69) is 17.2 Å². The molecule has 1 heterocycles. The molecule has 146 valence electrons. The van der Waals surface area contributed by atoms with Gasteiger partial charge >= 0.3 is 0 Å². The van der Waals surface area contributed by atoms with E-state index in [9.17, 15) is 9.59 Å². The number of quaternary nitrogens is 1. The Morgan fingerprint density at radius 1 is 1.11 bits per heavy atom. The first-order valence-electron chi connectivity index (χ1n) is 9.74. The van der Waals surface area contributed by atoms with E-state index in [0.29, 0.717) is 0 Å². The van der Waals surface area contributed by atoms with Crippen molar-refractivity contribution in [1.29, 1.82) is 0 Å². The second-order valence-electron chi connectivity index (χ2n) is 7.34. The first-order valence-corrected chi connectivity index (χ1v) is 9.74. The number of fused-ring (bicyclic) bond motifs is 1. The molecule has 3 N–H and O–H groups in total. The molecule has 2 atom stereocenters. The minimum absolute atomic E-state index is 0.0502. The van der Waals surface area contributed by atoms with Crippen molar-refractivity contribution >= 4 is 28.3 Å². The molecule has 2 aromatic carbocycles. The number of aromatic amines is 1. The molecule has 0 saturated heterocycles. The number of anilines is 1. The maximum Gasteiger partial charge on any atom is 0.279 e. The van der Waals surface area contributed by atoms with Crippen LogP contribution in [0.1, 0.15) is 35.5 Å². The van der Waals surface area contributed by atoms with Gasteiger partial charge in [0.2, 0.25) is 5.78 Å². The van der Waals surface area contributed by atoms with Crippen molar-refractivity contribution in [1.82, 2.24) is 4.98 Å². The van der Waals surface area contributed by atoms with Gasteiger partial charge in [0.1, 0.15) is 6.04 Å². The van der Waals surface area contributed by atoms with Crippen molar-refractivity contribution in [3.8, 4) is 0 Å². The molecule has 5 nitrogen and oxygen atoms in total. The van der Waals surface area contributed by atoms with Crippen molar-refractivity contribution in [3.63, 3.8) is 0 Å². The van der Waals surface area contributed by atoms with Crippen molar-refractivity contribution in [2.45, 2.75) is 33.2 Å². The highest BCUT2D eigenvalue weighted by Crippen LogP contribution is 2.22. The highest BCUT2D eigenvalue weighted by molar-refractivity contribution is 6.11. The van der Waals surface area contributed by atoms with Gasteiger partial charge in [-0.2, -0.15) is 0 Å². The Labute approximate surface area is 165 Å². The highest BCUT2D eigenvalue weighted by Gasteiger charge is 2.28. The number of benzene rings is 2. The summed E-state index contributed by atoms with van der Waals surface area (Å²) in [6.07, 6.45) is 0.855. The molecule has 3 rings (SSSR count). The van der Waals surface area contributed by atoms with Gasteiger partial charge in [-0.25, -0.2) is 0 Å². The summed E-state index contributed by atoms with van der Waals surface area (Å²) in [5.41, 5.74) is 4.50. The maximum atomic E-state index is 13.1. The minimum atomic E-state index is -0.329. The third kappa shape index (κ3) is 3.99. The first-order chi connectivity index (χ1) is 13.4. The number of aryl methyl sites for hydroxylation is 2. The molecule has 0 fully saturated rings. The van der Waals surface area contributed by atoms with Gasteiger partial charge in [0, 0.05) is 22.3 Å². The number of hydrogen-bond donors (Lipinski definition) is 3. The Bertz CT molecular complexity index is 1010. The van der Waals surface area contributed by atoms with Crippen LogP contribution in [0.4, 0.5) is 5.69 Å². The zero-order valence-corrected chi connectivity index (χ0v) is 16.9. The lowest BCUT2D eigenvalue weighted by molar-refractivity contribution is -0.885. The van der Waals surface area contributed by atoms with E-state index in [0.717, 1.165) is 44.7 Å². The van der Waals surface area contributed by atoms with E-state index < -0.39 is 0 Å². The van der Waals surface area contributed by atoms with E-state index in [-0.39, 0.29) is 24.3 Å². The van der Waals surface area contributed by atoms with Gasteiger partial charge < -0.3 is 15.2 Å². The zero-order chi connectivity index (χ0) is 20.3. The van der Waals surface area contributed by atoms with Gasteiger partial charge in [-0.05, 0) is 38.0 Å². The summed E-state index contributed by atoms with van der Waals surface area (Å²) >= 11 is 0. The summed E-state index contributed by atoms with van der Waals surface area (Å²) < 4.78 is 0. The van der Waals surface area contributed by atoms with Crippen molar-refractivity contribution in [2.75, 3.05) is 18.9 Å². The lowest BCUT2D eigenvalue weighted by Crippen LogP contribution is -3.14. The molecule has 1 aromatic heterocycles. The van der Waals surface area contributed by atoms with E-state index >= 15 is 0 Å². The quantitative estimate of drug-likeness (QED) is 0.554. The van der Waals surface area contributed by atoms with Crippen LogP contribution >= 0.6 is 0 Å². The number of carbonyl (C=O) groups is 2. The molecule has 28 heavy (non-hydrogen) atoms. The van der Waals surface area contributed by atoms with Crippen LogP contribution < -0.4 is 10.2 Å². The van der Waals surface area contributed by atoms with Crippen LogP contribution in [0.5, 0.6) is 0 Å². The van der Waals surface area contributed by atoms with Gasteiger partial charge in [-0.3, -0.25) is 9.59 Å². The molecule has 1 amide bonds. The molecule has 0 radical (unpaired) electrons. The van der Waals surface area contributed by atoms with Crippen LogP contribution in [0, 0.1) is 6.92 Å². The van der Waals surface area contributed by atoms with Gasteiger partial charge in [0.25, 0.3) is 5.91 Å². The van der Waals surface area contributed by atoms with Crippen LogP contribution in [-0.4, -0.2) is 36.3 Å². The number of carbonyl (C=O) groups excluding carboxylic acids is 2. The molecule has 3 aromatic rings. The number of nitrogens with one attached hydrogen (secondary N) is 3. The van der Waals surface area contributed by atoms with Crippen molar-refractivity contribution < 1.29 is 14.5 Å². The SMILES string of the molecule is CCc1ccccc1NC(=O)C[NH+](C)[C@@H](C)C(=O)c1c(C)[nH]c2ccccc12. The third-order valence-electron chi connectivity index (χ3n) is 5.38. The van der Waals surface area contributed by atoms with E-state index in [4.69, 9.17) is 0 Å². The topological polar surface area (TPSA) is 66.4 Å². The Balaban J connectivity index is 1.71. The number of Topliss-reactive ketones (excluding diaryl/α,β-unsaturated/α-hetero) is 1. The monoisotopic (exact) mass is 378 g/mol. The number of ketones is 1. The predicted molar refractivity (Wildman–Crippen MR) is 113 cm³/mol. The van der Waals surface area contributed by atoms with Gasteiger partial charge in [0.05, 0.1) is 12.6 Å². The standard InChI is InChI=1S/C23H27N3O2/c1-5-17-10-6-8-12-19(17)25-21(27)14-26(4)16(3)23(28)22-15(2)24-20-13-9-7-11-18(20)22/h6-13,16,24H,5,14H2,1-4H3,(H,25,27)/p+1/t16-/m0/s1. The molecular formula is C23H28N3O2+. The fraction of sp³-hybridized carbons (Fsp3) is 0.304. The lowest BCUT2D eigenvalue weighted by Gasteiger charge is -2.21. The fourth-order valence-corrected chi connectivity index (χ4v) is 3.59.